The van der Waals surface area contributed by atoms with E-state index in [-0.39, 0.29) is 5.69 Å². The number of sulfone groups is 1. The van der Waals surface area contributed by atoms with E-state index in [9.17, 15) is 18.5 Å². The highest BCUT2D eigenvalue weighted by atomic mass is 32.2. The average molecular weight is 257 g/mol. The van der Waals surface area contributed by atoms with Crippen LogP contribution in [-0.2, 0) is 14.6 Å². The van der Waals surface area contributed by atoms with Crippen LogP contribution in [0.4, 0.5) is 5.69 Å². The topological polar surface area (TPSA) is 77.3 Å². The summed E-state index contributed by atoms with van der Waals surface area (Å²) in [4.78, 5) is 10.2. The van der Waals surface area contributed by atoms with Gasteiger partial charge in [-0.3, -0.25) is 10.1 Å². The van der Waals surface area contributed by atoms with Gasteiger partial charge in [0.25, 0.3) is 5.69 Å². The molecule has 1 aromatic rings. The van der Waals surface area contributed by atoms with Gasteiger partial charge in [0.15, 0.2) is 9.84 Å². The molecule has 5 nitrogen and oxygen atoms in total. The summed E-state index contributed by atoms with van der Waals surface area (Å²) in [6.07, 6.45) is 1.16. The van der Waals surface area contributed by atoms with Crippen molar-refractivity contribution >= 4 is 15.5 Å². The zero-order valence-electron chi connectivity index (χ0n) is 10.2. The highest BCUT2D eigenvalue weighted by molar-refractivity contribution is 7.91. The molecule has 0 aromatic heterocycles. The first-order valence-electron chi connectivity index (χ1n) is 5.02. The molecule has 0 aliphatic heterocycles. The van der Waals surface area contributed by atoms with E-state index in [1.807, 2.05) is 0 Å². The van der Waals surface area contributed by atoms with Gasteiger partial charge in [0.2, 0.25) is 0 Å². The van der Waals surface area contributed by atoms with Gasteiger partial charge < -0.3 is 0 Å². The minimum absolute atomic E-state index is 0.00180. The number of aryl methyl sites for hydroxylation is 1. The molecule has 0 aliphatic rings. The van der Waals surface area contributed by atoms with Crippen LogP contribution < -0.4 is 0 Å². The molecule has 0 spiro atoms. The van der Waals surface area contributed by atoms with E-state index < -0.39 is 19.5 Å². The van der Waals surface area contributed by atoms with Crippen LogP contribution in [0.1, 0.15) is 25.0 Å². The predicted octanol–water partition coefficient (Wildman–Crippen LogP) is 2.18. The average Bonchev–Trinajstić information content (AvgIpc) is 2.14. The highest BCUT2D eigenvalue weighted by Gasteiger charge is 2.33. The number of nitro benzene ring substituents is 1. The van der Waals surface area contributed by atoms with Crippen LogP contribution in [0.5, 0.6) is 0 Å². The van der Waals surface area contributed by atoms with Gasteiger partial charge in [-0.05, 0) is 32.4 Å². The summed E-state index contributed by atoms with van der Waals surface area (Å²) in [7, 11) is -3.28. The maximum absolute atomic E-state index is 11.6. The number of rotatable bonds is 3. The Morgan fingerprint density at radius 1 is 1.29 bits per heavy atom. The normalized spacial score (nSPS) is 12.5. The molecule has 0 radical (unpaired) electrons. The molecule has 6 heteroatoms. The SMILES string of the molecule is Cc1cc(C(C)(C)S(C)(=O)=O)ccc1[N+](=O)[O-]. The van der Waals surface area contributed by atoms with Crippen LogP contribution in [0.25, 0.3) is 0 Å². The molecule has 0 aliphatic carbocycles. The maximum Gasteiger partial charge on any atom is 0.272 e. The highest BCUT2D eigenvalue weighted by Crippen LogP contribution is 2.31. The van der Waals surface area contributed by atoms with Crippen molar-refractivity contribution < 1.29 is 13.3 Å². The number of nitro groups is 1. The summed E-state index contributed by atoms with van der Waals surface area (Å²) in [5.74, 6) is 0. The lowest BCUT2D eigenvalue weighted by Crippen LogP contribution is -2.28. The summed E-state index contributed by atoms with van der Waals surface area (Å²) < 4.78 is 22.3. The molecule has 94 valence electrons. The van der Waals surface area contributed by atoms with Gasteiger partial charge in [-0.15, -0.1) is 0 Å². The fraction of sp³-hybridized carbons (Fsp3) is 0.455. The van der Waals surface area contributed by atoms with Gasteiger partial charge in [0.1, 0.15) is 0 Å². The minimum Gasteiger partial charge on any atom is -0.258 e. The molecule has 0 bridgehead atoms. The molecule has 0 fully saturated rings. The Morgan fingerprint density at radius 3 is 2.18 bits per heavy atom. The molecule has 0 saturated carbocycles. The molecule has 0 atom stereocenters. The number of benzene rings is 1. The summed E-state index contributed by atoms with van der Waals surface area (Å²) in [6.45, 7) is 4.77. The summed E-state index contributed by atoms with van der Waals surface area (Å²) in [5, 5.41) is 10.7. The molecular weight excluding hydrogens is 242 g/mol. The van der Waals surface area contributed by atoms with Gasteiger partial charge in [0, 0.05) is 17.9 Å². The first-order valence-corrected chi connectivity index (χ1v) is 6.91. The molecule has 0 saturated heterocycles. The molecule has 0 N–H and O–H groups in total. The monoisotopic (exact) mass is 257 g/mol. The van der Waals surface area contributed by atoms with Gasteiger partial charge in [0.05, 0.1) is 9.67 Å². The van der Waals surface area contributed by atoms with Crippen molar-refractivity contribution in [1.82, 2.24) is 0 Å². The van der Waals surface area contributed by atoms with Crippen molar-refractivity contribution in [3.8, 4) is 0 Å². The van der Waals surface area contributed by atoms with Gasteiger partial charge in [-0.25, -0.2) is 8.42 Å². The largest absolute Gasteiger partial charge is 0.272 e. The van der Waals surface area contributed by atoms with Crippen molar-refractivity contribution in [2.24, 2.45) is 0 Å². The number of nitrogens with zero attached hydrogens (tertiary/aromatic N) is 1. The number of hydrogen-bond donors (Lipinski definition) is 0. The fourth-order valence-electron chi connectivity index (χ4n) is 1.45. The van der Waals surface area contributed by atoms with Crippen LogP contribution >= 0.6 is 0 Å². The zero-order valence-corrected chi connectivity index (χ0v) is 11.0. The summed E-state index contributed by atoms with van der Waals surface area (Å²) in [6, 6.07) is 4.39. The van der Waals surface area contributed by atoms with Crippen LogP contribution in [0.2, 0.25) is 0 Å². The summed E-state index contributed by atoms with van der Waals surface area (Å²) in [5.41, 5.74) is 1.02. The van der Waals surface area contributed by atoms with E-state index in [1.165, 1.54) is 12.1 Å². The van der Waals surface area contributed by atoms with E-state index >= 15 is 0 Å². The second-order valence-corrected chi connectivity index (χ2v) is 7.11. The van der Waals surface area contributed by atoms with Crippen LogP contribution in [0.15, 0.2) is 18.2 Å². The Kier molecular flexibility index (Phi) is 3.29. The minimum atomic E-state index is -3.28. The molecule has 0 amide bonds. The lowest BCUT2D eigenvalue weighted by Gasteiger charge is -2.23. The van der Waals surface area contributed by atoms with Crippen molar-refractivity contribution in [3.63, 3.8) is 0 Å². The Bertz CT molecular complexity index is 561. The van der Waals surface area contributed by atoms with E-state index in [1.54, 1.807) is 26.8 Å². The van der Waals surface area contributed by atoms with Gasteiger partial charge >= 0.3 is 0 Å². The standard InChI is InChI=1S/C11H15NO4S/c1-8-7-9(5-6-10(8)12(13)14)11(2,3)17(4,15)16/h5-7H,1-4H3. The Labute approximate surface area is 101 Å². The zero-order chi connectivity index (χ0) is 13.4. The third-order valence-corrected chi connectivity index (χ3v) is 5.11. The van der Waals surface area contributed by atoms with Crippen LogP contribution in [0, 0.1) is 17.0 Å². The van der Waals surface area contributed by atoms with E-state index in [0.29, 0.717) is 11.1 Å². The van der Waals surface area contributed by atoms with Crippen molar-refractivity contribution in [3.05, 3.63) is 39.4 Å². The number of hydrogen-bond acceptors (Lipinski definition) is 4. The third kappa shape index (κ3) is 2.46. The lowest BCUT2D eigenvalue weighted by atomic mass is 9.99. The molecule has 1 rings (SSSR count). The van der Waals surface area contributed by atoms with Crippen LogP contribution in [0.3, 0.4) is 0 Å². The van der Waals surface area contributed by atoms with E-state index in [0.717, 1.165) is 6.26 Å². The molecular formula is C11H15NO4S. The van der Waals surface area contributed by atoms with E-state index in [4.69, 9.17) is 0 Å². The Balaban J connectivity index is 3.38. The first-order chi connectivity index (χ1) is 7.57. The molecule has 0 heterocycles. The first kappa shape index (κ1) is 13.6. The Hall–Kier alpha value is -1.43. The molecule has 1 aromatic carbocycles. The predicted molar refractivity (Wildman–Crippen MR) is 65.7 cm³/mol. The fourth-order valence-corrected chi connectivity index (χ4v) is 2.00. The maximum atomic E-state index is 11.6. The molecule has 0 unspecified atom stereocenters. The molecule has 17 heavy (non-hydrogen) atoms. The smallest absolute Gasteiger partial charge is 0.258 e. The van der Waals surface area contributed by atoms with Gasteiger partial charge in [-0.1, -0.05) is 6.07 Å². The van der Waals surface area contributed by atoms with Gasteiger partial charge in [-0.2, -0.15) is 0 Å². The second kappa shape index (κ2) is 4.10. The van der Waals surface area contributed by atoms with Crippen molar-refractivity contribution in [2.45, 2.75) is 25.5 Å². The third-order valence-electron chi connectivity index (χ3n) is 3.02. The lowest BCUT2D eigenvalue weighted by molar-refractivity contribution is -0.385. The van der Waals surface area contributed by atoms with Crippen molar-refractivity contribution in [2.75, 3.05) is 6.26 Å². The second-order valence-electron chi connectivity index (χ2n) is 4.54. The van der Waals surface area contributed by atoms with Crippen molar-refractivity contribution in [1.29, 1.82) is 0 Å². The van der Waals surface area contributed by atoms with Crippen LogP contribution in [-0.4, -0.2) is 19.6 Å². The quantitative estimate of drug-likeness (QED) is 0.614. The Morgan fingerprint density at radius 2 is 1.82 bits per heavy atom. The van der Waals surface area contributed by atoms with E-state index in [2.05, 4.69) is 0 Å². The summed E-state index contributed by atoms with van der Waals surface area (Å²) >= 11 is 0.